The number of hydrogen-bond donors (Lipinski definition) is 0. The summed E-state index contributed by atoms with van der Waals surface area (Å²) in [5, 5.41) is 16.1. The summed E-state index contributed by atoms with van der Waals surface area (Å²) in [6.45, 7) is 0. The van der Waals surface area contributed by atoms with E-state index < -0.39 is 0 Å². The van der Waals surface area contributed by atoms with Gasteiger partial charge in [-0.25, -0.2) is 0 Å². The third-order valence-electron chi connectivity index (χ3n) is 20.1. The van der Waals surface area contributed by atoms with Gasteiger partial charge in [0.2, 0.25) is 0 Å². The van der Waals surface area contributed by atoms with Crippen molar-refractivity contribution in [1.29, 1.82) is 0 Å². The minimum absolute atomic E-state index is 0.00815. The zero-order valence-corrected chi connectivity index (χ0v) is 43.6. The zero-order chi connectivity index (χ0) is 50.8. The van der Waals surface area contributed by atoms with Gasteiger partial charge in [0.25, 0.3) is 0 Å². The number of fused-ring (bicyclic) bond motifs is 10. The molecule has 0 saturated heterocycles. The van der Waals surface area contributed by atoms with Crippen LogP contribution < -0.4 is 0 Å². The van der Waals surface area contributed by atoms with Crippen molar-refractivity contribution in [3.63, 3.8) is 0 Å². The zero-order valence-electron chi connectivity index (χ0n) is 43.6. The maximum absolute atomic E-state index is 2.60. The Morgan fingerprint density at radius 1 is 0.205 bits per heavy atom. The van der Waals surface area contributed by atoms with E-state index in [1.165, 1.54) is 216 Å². The summed E-state index contributed by atoms with van der Waals surface area (Å²) < 4.78 is 0. The first kappa shape index (κ1) is 43.3. The number of hydrogen-bond acceptors (Lipinski definition) is 0. The van der Waals surface area contributed by atoms with E-state index in [1.54, 1.807) is 0 Å². The third-order valence-corrected chi connectivity index (χ3v) is 20.1. The molecular formula is C78H54. The average molecular weight is 991 g/mol. The van der Waals surface area contributed by atoms with E-state index in [0.29, 0.717) is 0 Å². The van der Waals surface area contributed by atoms with E-state index in [9.17, 15) is 0 Å². The molecule has 0 N–H and O–H groups in total. The van der Waals surface area contributed by atoms with Crippen LogP contribution in [0.1, 0.15) is 73.6 Å². The molecule has 78 heavy (non-hydrogen) atoms. The Hall–Kier alpha value is -8.84. The Kier molecular flexibility index (Phi) is 8.81. The van der Waals surface area contributed by atoms with Gasteiger partial charge in [-0.1, -0.05) is 232 Å². The van der Waals surface area contributed by atoms with Crippen molar-refractivity contribution in [3.8, 4) is 77.9 Å². The van der Waals surface area contributed by atoms with Crippen LogP contribution in [-0.4, -0.2) is 0 Å². The molecule has 4 aliphatic rings. The smallest absolute Gasteiger partial charge is 0.0215 e. The molecule has 4 aliphatic carbocycles. The summed E-state index contributed by atoms with van der Waals surface area (Å²) in [6, 6.07) is 89.7. The molecular weight excluding hydrogens is 937 g/mol. The molecule has 14 aromatic rings. The quantitative estimate of drug-likeness (QED) is 0.151. The van der Waals surface area contributed by atoms with Gasteiger partial charge in [0.15, 0.2) is 0 Å². The van der Waals surface area contributed by atoms with Crippen LogP contribution in [-0.2, 0) is 10.8 Å². The molecule has 0 bridgehead atoms. The van der Waals surface area contributed by atoms with Gasteiger partial charge in [-0.3, -0.25) is 0 Å². The maximum Gasteiger partial charge on any atom is 0.0215 e. The Bertz CT molecular complexity index is 4520. The van der Waals surface area contributed by atoms with Crippen LogP contribution in [0, 0.1) is 0 Å². The second-order valence-electron chi connectivity index (χ2n) is 23.6. The lowest BCUT2D eigenvalue weighted by Crippen LogP contribution is -2.20. The fraction of sp³-hybridized carbons (Fsp3) is 0.128. The van der Waals surface area contributed by atoms with Crippen LogP contribution in [0.5, 0.6) is 0 Å². The molecule has 0 aromatic heterocycles. The predicted molar refractivity (Wildman–Crippen MR) is 330 cm³/mol. The van der Waals surface area contributed by atoms with E-state index in [1.807, 2.05) is 0 Å². The summed E-state index contributed by atoms with van der Waals surface area (Å²) in [6.07, 6.45) is 9.78. The van der Waals surface area contributed by atoms with Crippen LogP contribution in [0.3, 0.4) is 0 Å². The molecule has 0 amide bonds. The molecule has 0 heteroatoms. The first-order valence-corrected chi connectivity index (χ1v) is 28.7. The van der Waals surface area contributed by atoms with Crippen molar-refractivity contribution in [2.45, 2.75) is 62.2 Å². The monoisotopic (exact) mass is 990 g/mol. The van der Waals surface area contributed by atoms with E-state index in [2.05, 4.69) is 231 Å². The highest BCUT2D eigenvalue weighted by Gasteiger charge is 2.47. The minimum atomic E-state index is 0.00815. The second kappa shape index (κ2) is 15.9. The molecule has 2 spiro atoms. The highest BCUT2D eigenvalue weighted by Crippen LogP contribution is 2.61. The van der Waals surface area contributed by atoms with Crippen LogP contribution in [0.25, 0.3) is 143 Å². The van der Waals surface area contributed by atoms with Crippen molar-refractivity contribution >= 4 is 64.6 Å². The molecule has 18 rings (SSSR count). The standard InChI is InChI=1S/C78H54/c1-3-17-61(57(15-1)53-27-33-63-65-35-29-55(45-71(65)77(69(63)43-53)39-5-6-40-77)59-31-23-51-21-19-47-11-9-13-49-25-37-67(59)75(51)73(47)49)62-18-4-2-16-58(62)54-28-34-64-66-36-30-56(46-72(66)78(70(64)44-54)41-7-8-42-78)60-32-24-52-22-20-48-12-10-14-50-26-38-68(60)76(52)74(48)50/h1-4,9-38,43-46H,5-8,39-42H2. The first-order valence-electron chi connectivity index (χ1n) is 28.7. The predicted octanol–water partition coefficient (Wildman–Crippen LogP) is 21.5. The van der Waals surface area contributed by atoms with Gasteiger partial charge < -0.3 is 0 Å². The lowest BCUT2D eigenvalue weighted by Gasteiger charge is -2.28. The van der Waals surface area contributed by atoms with Gasteiger partial charge in [0, 0.05) is 10.8 Å². The lowest BCUT2D eigenvalue weighted by molar-refractivity contribution is 0.550. The largest absolute Gasteiger partial charge is 0.0616 e. The SMILES string of the molecule is c1ccc(-c2ccccc2-c2ccc3c(c2)C2(CCCC2)c2cc(-c4ccc5ccc6cccc7ccc4c5c67)ccc2-3)c(-c2ccc3c(c2)C2(CCCC2)c2cc(-c4ccc5ccc6cccc7ccc4c5c67)ccc2-3)c1. The summed E-state index contributed by atoms with van der Waals surface area (Å²) in [5.41, 5.74) is 24.9. The van der Waals surface area contributed by atoms with Gasteiger partial charge >= 0.3 is 0 Å². The number of benzene rings is 14. The van der Waals surface area contributed by atoms with Crippen LogP contribution in [0.4, 0.5) is 0 Å². The highest BCUT2D eigenvalue weighted by molar-refractivity contribution is 6.27. The first-order chi connectivity index (χ1) is 38.6. The van der Waals surface area contributed by atoms with Crippen molar-refractivity contribution in [3.05, 3.63) is 253 Å². The van der Waals surface area contributed by atoms with E-state index in [4.69, 9.17) is 0 Å². The van der Waals surface area contributed by atoms with Crippen LogP contribution in [0.15, 0.2) is 231 Å². The van der Waals surface area contributed by atoms with Crippen molar-refractivity contribution in [1.82, 2.24) is 0 Å². The molecule has 0 radical (unpaired) electrons. The third kappa shape index (κ3) is 5.80. The molecule has 0 heterocycles. The normalized spacial score (nSPS) is 15.7. The van der Waals surface area contributed by atoms with Gasteiger partial charge in [0.05, 0.1) is 0 Å². The molecule has 0 unspecified atom stereocenters. The summed E-state index contributed by atoms with van der Waals surface area (Å²) in [7, 11) is 0. The van der Waals surface area contributed by atoms with Gasteiger partial charge in [-0.15, -0.1) is 0 Å². The van der Waals surface area contributed by atoms with Gasteiger partial charge in [-0.2, -0.15) is 0 Å². The van der Waals surface area contributed by atoms with Crippen molar-refractivity contribution < 1.29 is 0 Å². The molecule has 366 valence electrons. The summed E-state index contributed by atoms with van der Waals surface area (Å²) in [5.74, 6) is 0. The Labute approximate surface area is 455 Å². The molecule has 14 aromatic carbocycles. The topological polar surface area (TPSA) is 0 Å². The Morgan fingerprint density at radius 3 is 0.846 bits per heavy atom. The molecule has 2 saturated carbocycles. The summed E-state index contributed by atoms with van der Waals surface area (Å²) in [4.78, 5) is 0. The Balaban J connectivity index is 0.721. The average Bonchev–Trinajstić information content (AvgIpc) is 4.38. The summed E-state index contributed by atoms with van der Waals surface area (Å²) >= 11 is 0. The van der Waals surface area contributed by atoms with E-state index >= 15 is 0 Å². The fourth-order valence-electron chi connectivity index (χ4n) is 16.6. The number of rotatable bonds is 5. The molecule has 2 fully saturated rings. The molecule has 0 atom stereocenters. The maximum atomic E-state index is 2.60. The molecule has 0 aliphatic heterocycles. The molecule has 0 nitrogen and oxygen atoms in total. The van der Waals surface area contributed by atoms with Crippen LogP contribution in [0.2, 0.25) is 0 Å². The second-order valence-corrected chi connectivity index (χ2v) is 23.6. The van der Waals surface area contributed by atoms with Crippen molar-refractivity contribution in [2.75, 3.05) is 0 Å². The van der Waals surface area contributed by atoms with Crippen molar-refractivity contribution in [2.24, 2.45) is 0 Å². The highest BCUT2D eigenvalue weighted by atomic mass is 14.5. The van der Waals surface area contributed by atoms with E-state index in [-0.39, 0.29) is 10.8 Å². The fourth-order valence-corrected chi connectivity index (χ4v) is 16.6. The Morgan fingerprint density at radius 2 is 0.487 bits per heavy atom. The van der Waals surface area contributed by atoms with Gasteiger partial charge in [0.1, 0.15) is 0 Å². The lowest BCUT2D eigenvalue weighted by atomic mass is 9.75. The van der Waals surface area contributed by atoms with Crippen LogP contribution >= 0.6 is 0 Å². The van der Waals surface area contributed by atoms with E-state index in [0.717, 1.165) is 0 Å². The van der Waals surface area contributed by atoms with Gasteiger partial charge in [-0.05, 0) is 215 Å². The minimum Gasteiger partial charge on any atom is -0.0616 e.